The van der Waals surface area contributed by atoms with Gasteiger partial charge in [0.05, 0.1) is 13.0 Å². The van der Waals surface area contributed by atoms with Crippen LogP contribution in [-0.4, -0.2) is 73.3 Å². The van der Waals surface area contributed by atoms with Gasteiger partial charge in [-0.25, -0.2) is 0 Å². The van der Waals surface area contributed by atoms with Gasteiger partial charge in [-0.2, -0.15) is 0 Å². The van der Waals surface area contributed by atoms with Gasteiger partial charge >= 0.3 is 11.9 Å². The molecule has 2 heterocycles. The normalized spacial score (nSPS) is 18.5. The van der Waals surface area contributed by atoms with E-state index >= 15 is 0 Å². The van der Waals surface area contributed by atoms with Gasteiger partial charge in [0.15, 0.2) is 23.9 Å². The molecule has 0 N–H and O–H groups in total. The van der Waals surface area contributed by atoms with Gasteiger partial charge < -0.3 is 33.3 Å². The highest BCUT2D eigenvalue weighted by Crippen LogP contribution is 2.39. The Hall–Kier alpha value is -4.07. The van der Waals surface area contributed by atoms with Gasteiger partial charge in [0.25, 0.3) is 5.91 Å². The summed E-state index contributed by atoms with van der Waals surface area (Å²) in [6.45, 7) is 11.9. The quantitative estimate of drug-likeness (QED) is 0.187. The zero-order valence-electron chi connectivity index (χ0n) is 26.9. The van der Waals surface area contributed by atoms with E-state index in [-0.39, 0.29) is 25.7 Å². The maximum atomic E-state index is 14.4. The summed E-state index contributed by atoms with van der Waals surface area (Å²) in [5, 5.41) is 0. The van der Waals surface area contributed by atoms with Crippen molar-refractivity contribution < 1.29 is 42.8 Å². The van der Waals surface area contributed by atoms with Crippen molar-refractivity contribution in [2.45, 2.75) is 84.3 Å². The van der Waals surface area contributed by atoms with Crippen LogP contribution in [0.5, 0.6) is 11.5 Å². The van der Waals surface area contributed by atoms with Crippen LogP contribution in [-0.2, 0) is 33.3 Å². The lowest BCUT2D eigenvalue weighted by Gasteiger charge is -2.37. The fourth-order valence-electron chi connectivity index (χ4n) is 5.44. The van der Waals surface area contributed by atoms with Gasteiger partial charge in [0.2, 0.25) is 6.79 Å². The van der Waals surface area contributed by atoms with E-state index in [0.29, 0.717) is 31.1 Å². The predicted molar refractivity (Wildman–Crippen MR) is 165 cm³/mol. The van der Waals surface area contributed by atoms with E-state index in [1.165, 1.54) is 0 Å². The third-order valence-electron chi connectivity index (χ3n) is 7.55. The molecular weight excluding hydrogens is 578 g/mol. The molecule has 1 saturated heterocycles. The van der Waals surface area contributed by atoms with Crippen LogP contribution in [0.1, 0.15) is 71.4 Å². The van der Waals surface area contributed by atoms with Crippen LogP contribution in [0.2, 0.25) is 0 Å². The summed E-state index contributed by atoms with van der Waals surface area (Å²) in [6.07, 6.45) is -1.74. The van der Waals surface area contributed by atoms with Crippen molar-refractivity contribution in [2.24, 2.45) is 5.92 Å². The number of hydrogen-bond acceptors (Lipinski definition) is 9. The van der Waals surface area contributed by atoms with Crippen LogP contribution in [0.25, 0.3) is 0 Å². The first kappa shape index (κ1) is 33.8. The second-order valence-corrected chi connectivity index (χ2v) is 11.9. The molecule has 242 valence electrons. The summed E-state index contributed by atoms with van der Waals surface area (Å²) < 4.78 is 34.1. The molecule has 0 saturated carbocycles. The number of esters is 2. The monoisotopic (exact) mass is 621 g/mol. The lowest BCUT2D eigenvalue weighted by molar-refractivity contribution is -0.167. The molecule has 0 aliphatic carbocycles. The lowest BCUT2D eigenvalue weighted by Crippen LogP contribution is -2.50. The maximum Gasteiger partial charge on any atom is 0.314 e. The first-order valence-electron chi connectivity index (χ1n) is 15.4. The van der Waals surface area contributed by atoms with E-state index in [4.69, 9.17) is 28.4 Å². The average molecular weight is 622 g/mol. The second kappa shape index (κ2) is 15.3. The van der Waals surface area contributed by atoms with E-state index < -0.39 is 47.8 Å². The Labute approximate surface area is 265 Å². The molecule has 2 aromatic rings. The predicted octanol–water partition coefficient (Wildman–Crippen LogP) is 4.83. The molecule has 2 aliphatic rings. The number of fused-ring (bicyclic) bond motifs is 1. The number of hydrogen-bond donors (Lipinski definition) is 0. The van der Waals surface area contributed by atoms with Gasteiger partial charge in [-0.15, -0.1) is 0 Å². The van der Waals surface area contributed by atoms with Gasteiger partial charge in [-0.1, -0.05) is 36.1 Å². The third kappa shape index (κ3) is 8.99. The van der Waals surface area contributed by atoms with E-state index in [2.05, 4.69) is 11.8 Å². The Morgan fingerprint density at radius 1 is 1.02 bits per heavy atom. The number of cyclic esters (lactones) is 1. The van der Waals surface area contributed by atoms with Crippen molar-refractivity contribution in [1.82, 2.24) is 4.90 Å². The molecule has 4 rings (SSSR count). The van der Waals surface area contributed by atoms with Crippen molar-refractivity contribution in [1.29, 1.82) is 0 Å². The number of amides is 1. The largest absolute Gasteiger partial charge is 0.460 e. The number of carbonyl (C=O) groups excluding carboxylic acids is 3. The number of nitrogens with zero attached hydrogens (tertiary/aromatic N) is 1. The van der Waals surface area contributed by atoms with Crippen LogP contribution in [0.4, 0.5) is 0 Å². The summed E-state index contributed by atoms with van der Waals surface area (Å²) in [6, 6.07) is 14.6. The fourth-order valence-corrected chi connectivity index (χ4v) is 5.44. The zero-order valence-corrected chi connectivity index (χ0v) is 26.9. The molecule has 2 aliphatic heterocycles. The fraction of sp³-hybridized carbons (Fsp3) is 0.514. The summed E-state index contributed by atoms with van der Waals surface area (Å²) in [5.41, 5.74) is 0.858. The molecule has 0 radical (unpaired) electrons. The minimum Gasteiger partial charge on any atom is -0.460 e. The molecular formula is C35H43NO9. The first-order valence-corrected chi connectivity index (χ1v) is 15.4. The molecule has 0 aromatic heterocycles. The van der Waals surface area contributed by atoms with Gasteiger partial charge in [-0.05, 0) is 71.4 Å². The molecule has 1 amide bonds. The lowest BCUT2D eigenvalue weighted by atomic mass is 9.87. The van der Waals surface area contributed by atoms with Crippen molar-refractivity contribution in [3.63, 3.8) is 0 Å². The topological polar surface area (TPSA) is 110 Å². The van der Waals surface area contributed by atoms with E-state index in [9.17, 15) is 14.4 Å². The van der Waals surface area contributed by atoms with Gasteiger partial charge in [-0.3, -0.25) is 14.4 Å². The molecule has 0 spiro atoms. The highest BCUT2D eigenvalue weighted by atomic mass is 16.7. The van der Waals surface area contributed by atoms with Crippen molar-refractivity contribution >= 4 is 17.8 Å². The van der Waals surface area contributed by atoms with Gasteiger partial charge in [0, 0.05) is 37.2 Å². The third-order valence-corrected chi connectivity index (χ3v) is 7.55. The SMILES string of the molecule is CCOC(CC(c1ccc2c(c1)OCO2)C(C)N(CC#Cc1ccccc1)C(=O)C1OC(=O)CC1C(=O)OC(C)(C)C)OCC. The molecule has 1 fully saturated rings. The van der Waals surface area contributed by atoms with Crippen molar-refractivity contribution in [3.05, 3.63) is 59.7 Å². The molecule has 0 bridgehead atoms. The van der Waals surface area contributed by atoms with Crippen LogP contribution < -0.4 is 9.47 Å². The summed E-state index contributed by atoms with van der Waals surface area (Å²) in [4.78, 5) is 41.6. The highest BCUT2D eigenvalue weighted by Gasteiger charge is 2.48. The summed E-state index contributed by atoms with van der Waals surface area (Å²) in [7, 11) is 0. The Bertz CT molecular complexity index is 1390. The Morgan fingerprint density at radius 3 is 2.38 bits per heavy atom. The standard InChI is InChI=1S/C35H43NO9/c1-7-40-31(41-8-2)21-26(25-16-17-28-29(19-25)43-22-42-28)23(3)36(18-12-15-24-13-10-9-11-14-24)33(38)32-27(20-30(37)44-32)34(39)45-35(4,5)6/h9-11,13-14,16-17,19,23,26-27,31-32H,7-8,18,20-22H2,1-6H3. The Kier molecular flexibility index (Phi) is 11.5. The van der Waals surface area contributed by atoms with Crippen molar-refractivity contribution in [3.8, 4) is 23.3 Å². The second-order valence-electron chi connectivity index (χ2n) is 11.9. The minimum absolute atomic E-state index is 0.0129. The number of carbonyl (C=O) groups is 3. The molecule has 4 atom stereocenters. The molecule has 2 aromatic carbocycles. The first-order chi connectivity index (χ1) is 21.5. The van der Waals surface area contributed by atoms with Crippen LogP contribution in [0.3, 0.4) is 0 Å². The Balaban J connectivity index is 1.72. The van der Waals surface area contributed by atoms with E-state index in [0.717, 1.165) is 11.1 Å². The smallest absolute Gasteiger partial charge is 0.314 e. The summed E-state index contributed by atoms with van der Waals surface area (Å²) >= 11 is 0. The average Bonchev–Trinajstić information content (AvgIpc) is 3.63. The van der Waals surface area contributed by atoms with Crippen LogP contribution in [0.15, 0.2) is 48.5 Å². The minimum atomic E-state index is -1.35. The number of rotatable bonds is 12. The van der Waals surface area contributed by atoms with E-state index in [1.807, 2.05) is 69.3 Å². The number of benzene rings is 2. The number of ether oxygens (including phenoxy) is 6. The van der Waals surface area contributed by atoms with Crippen LogP contribution >= 0.6 is 0 Å². The van der Waals surface area contributed by atoms with Gasteiger partial charge in [0.1, 0.15) is 11.5 Å². The van der Waals surface area contributed by atoms with E-state index in [1.54, 1.807) is 25.7 Å². The zero-order chi connectivity index (χ0) is 32.6. The van der Waals surface area contributed by atoms with Crippen molar-refractivity contribution in [2.75, 3.05) is 26.6 Å². The highest BCUT2D eigenvalue weighted by molar-refractivity contribution is 5.94. The molecule has 10 nitrogen and oxygen atoms in total. The molecule has 10 heteroatoms. The Morgan fingerprint density at radius 2 is 1.71 bits per heavy atom. The molecule has 4 unspecified atom stereocenters. The van der Waals surface area contributed by atoms with Crippen LogP contribution in [0, 0.1) is 17.8 Å². The maximum absolute atomic E-state index is 14.4. The molecule has 45 heavy (non-hydrogen) atoms. The summed E-state index contributed by atoms with van der Waals surface area (Å²) in [5.74, 6) is 4.25.